The lowest BCUT2D eigenvalue weighted by atomic mass is 10.1. The molecule has 0 aliphatic rings. The first-order chi connectivity index (χ1) is 6.82. The molecule has 1 aromatic rings. The van der Waals surface area contributed by atoms with Gasteiger partial charge in [-0.2, -0.15) is 0 Å². The molecule has 0 spiro atoms. The van der Waals surface area contributed by atoms with Gasteiger partial charge < -0.3 is 5.73 Å². The number of benzene rings is 1. The van der Waals surface area contributed by atoms with Crippen molar-refractivity contribution >= 4 is 9.84 Å². The van der Waals surface area contributed by atoms with E-state index in [1.54, 1.807) is 13.0 Å². The first-order valence-corrected chi connectivity index (χ1v) is 6.44. The lowest BCUT2D eigenvalue weighted by Gasteiger charge is -2.10. The second-order valence-corrected chi connectivity index (χ2v) is 5.63. The molecular weight excluding hydrogens is 217 g/mol. The first-order valence-electron chi connectivity index (χ1n) is 4.55. The third kappa shape index (κ3) is 3.00. The number of rotatable bonds is 3. The molecule has 0 bridgehead atoms. The molecule has 1 atom stereocenters. The molecule has 2 N–H and O–H groups in total. The van der Waals surface area contributed by atoms with Crippen molar-refractivity contribution in [1.82, 2.24) is 0 Å². The molecule has 15 heavy (non-hydrogen) atoms. The molecule has 5 heteroatoms. The molecule has 0 aliphatic carbocycles. The minimum atomic E-state index is -3.54. The summed E-state index contributed by atoms with van der Waals surface area (Å²) in [6.45, 7) is 1.75. The SMILES string of the molecule is CC(N)Cc1cccc(F)c1S(C)(=O)=O. The Bertz CT molecular complexity index is 454. The Morgan fingerprint density at radius 2 is 2.07 bits per heavy atom. The Labute approximate surface area is 89.0 Å². The van der Waals surface area contributed by atoms with E-state index in [1.807, 2.05) is 0 Å². The van der Waals surface area contributed by atoms with Crippen molar-refractivity contribution in [2.75, 3.05) is 6.26 Å². The van der Waals surface area contributed by atoms with Gasteiger partial charge in [-0.25, -0.2) is 12.8 Å². The Hall–Kier alpha value is -0.940. The number of hydrogen-bond acceptors (Lipinski definition) is 3. The van der Waals surface area contributed by atoms with Crippen molar-refractivity contribution < 1.29 is 12.8 Å². The van der Waals surface area contributed by atoms with Gasteiger partial charge >= 0.3 is 0 Å². The highest BCUT2D eigenvalue weighted by molar-refractivity contribution is 7.90. The zero-order valence-corrected chi connectivity index (χ0v) is 9.51. The van der Waals surface area contributed by atoms with Gasteiger partial charge in [0.15, 0.2) is 9.84 Å². The minimum Gasteiger partial charge on any atom is -0.328 e. The van der Waals surface area contributed by atoms with Crippen LogP contribution in [0.1, 0.15) is 12.5 Å². The molecule has 0 amide bonds. The molecule has 1 rings (SSSR count). The number of hydrogen-bond donors (Lipinski definition) is 1. The van der Waals surface area contributed by atoms with E-state index < -0.39 is 15.7 Å². The van der Waals surface area contributed by atoms with E-state index in [0.29, 0.717) is 12.0 Å². The van der Waals surface area contributed by atoms with Crippen molar-refractivity contribution in [3.8, 4) is 0 Å². The van der Waals surface area contributed by atoms with Gasteiger partial charge in [-0.1, -0.05) is 12.1 Å². The van der Waals surface area contributed by atoms with Gasteiger partial charge in [-0.05, 0) is 25.0 Å². The molecule has 0 saturated carbocycles. The fourth-order valence-electron chi connectivity index (χ4n) is 1.48. The van der Waals surface area contributed by atoms with E-state index in [4.69, 9.17) is 5.73 Å². The summed E-state index contributed by atoms with van der Waals surface area (Å²) in [7, 11) is -3.54. The quantitative estimate of drug-likeness (QED) is 0.848. The van der Waals surface area contributed by atoms with E-state index >= 15 is 0 Å². The predicted molar refractivity (Wildman–Crippen MR) is 56.9 cm³/mol. The van der Waals surface area contributed by atoms with Gasteiger partial charge in [-0.3, -0.25) is 0 Å². The average Bonchev–Trinajstić information content (AvgIpc) is 1.99. The lowest BCUT2D eigenvalue weighted by molar-refractivity contribution is 0.563. The third-order valence-electron chi connectivity index (χ3n) is 1.96. The summed E-state index contributed by atoms with van der Waals surface area (Å²) in [5, 5.41) is 0. The van der Waals surface area contributed by atoms with Gasteiger partial charge in [-0.15, -0.1) is 0 Å². The molecule has 1 aromatic carbocycles. The zero-order chi connectivity index (χ0) is 11.6. The van der Waals surface area contributed by atoms with Crippen LogP contribution in [0.4, 0.5) is 4.39 Å². The average molecular weight is 231 g/mol. The lowest BCUT2D eigenvalue weighted by Crippen LogP contribution is -2.19. The van der Waals surface area contributed by atoms with Crippen molar-refractivity contribution in [3.05, 3.63) is 29.6 Å². The number of halogens is 1. The molecule has 0 saturated heterocycles. The maximum Gasteiger partial charge on any atom is 0.178 e. The van der Waals surface area contributed by atoms with Crippen LogP contribution in [-0.2, 0) is 16.3 Å². The Morgan fingerprint density at radius 3 is 2.53 bits per heavy atom. The second-order valence-electron chi connectivity index (χ2n) is 3.68. The summed E-state index contributed by atoms with van der Waals surface area (Å²) in [4.78, 5) is -0.234. The highest BCUT2D eigenvalue weighted by atomic mass is 32.2. The maximum absolute atomic E-state index is 13.4. The fourth-order valence-corrected chi connectivity index (χ4v) is 2.53. The van der Waals surface area contributed by atoms with Gasteiger partial charge in [0.1, 0.15) is 10.7 Å². The van der Waals surface area contributed by atoms with Crippen LogP contribution in [0.25, 0.3) is 0 Å². The van der Waals surface area contributed by atoms with E-state index in [1.165, 1.54) is 6.07 Å². The highest BCUT2D eigenvalue weighted by Crippen LogP contribution is 2.20. The van der Waals surface area contributed by atoms with E-state index in [2.05, 4.69) is 0 Å². The molecule has 0 heterocycles. The van der Waals surface area contributed by atoms with Crippen LogP contribution < -0.4 is 5.73 Å². The molecule has 0 aromatic heterocycles. The second kappa shape index (κ2) is 4.28. The minimum absolute atomic E-state index is 0.202. The van der Waals surface area contributed by atoms with Gasteiger partial charge in [0.2, 0.25) is 0 Å². The Kier molecular flexibility index (Phi) is 3.46. The van der Waals surface area contributed by atoms with Crippen molar-refractivity contribution in [2.24, 2.45) is 5.73 Å². The van der Waals surface area contributed by atoms with Crippen LogP contribution in [0.3, 0.4) is 0 Å². The molecule has 0 aliphatic heterocycles. The van der Waals surface area contributed by atoms with Crippen LogP contribution in [0.15, 0.2) is 23.1 Å². The van der Waals surface area contributed by atoms with Gasteiger partial charge in [0.05, 0.1) is 0 Å². The van der Waals surface area contributed by atoms with Crippen LogP contribution in [0.5, 0.6) is 0 Å². The van der Waals surface area contributed by atoms with Crippen molar-refractivity contribution in [3.63, 3.8) is 0 Å². The summed E-state index contributed by atoms with van der Waals surface area (Å²) >= 11 is 0. The molecule has 3 nitrogen and oxygen atoms in total. The van der Waals surface area contributed by atoms with Gasteiger partial charge in [0, 0.05) is 12.3 Å². The summed E-state index contributed by atoms with van der Waals surface area (Å²) in [6.07, 6.45) is 1.34. The summed E-state index contributed by atoms with van der Waals surface area (Å²) in [6, 6.07) is 4.01. The molecule has 0 fully saturated rings. The molecule has 1 unspecified atom stereocenters. The highest BCUT2D eigenvalue weighted by Gasteiger charge is 2.18. The molecule has 84 valence electrons. The smallest absolute Gasteiger partial charge is 0.178 e. The van der Waals surface area contributed by atoms with Crippen molar-refractivity contribution in [2.45, 2.75) is 24.3 Å². The Morgan fingerprint density at radius 1 is 1.47 bits per heavy atom. The first kappa shape index (κ1) is 12.1. The monoisotopic (exact) mass is 231 g/mol. The third-order valence-corrected chi connectivity index (χ3v) is 3.16. The maximum atomic E-state index is 13.4. The van der Waals surface area contributed by atoms with Crippen LogP contribution in [0, 0.1) is 5.82 Å². The number of nitrogens with two attached hydrogens (primary N) is 1. The van der Waals surface area contributed by atoms with Gasteiger partial charge in [0.25, 0.3) is 0 Å². The summed E-state index contributed by atoms with van der Waals surface area (Å²) in [5.74, 6) is -0.712. The summed E-state index contributed by atoms with van der Waals surface area (Å²) in [5.41, 5.74) is 6.01. The summed E-state index contributed by atoms with van der Waals surface area (Å²) < 4.78 is 36.1. The standard InChI is InChI=1S/C10H14FNO2S/c1-7(12)6-8-4-3-5-9(11)10(8)15(2,13)14/h3-5,7H,6,12H2,1-2H3. The molecule has 0 radical (unpaired) electrons. The zero-order valence-electron chi connectivity index (χ0n) is 8.70. The number of sulfone groups is 1. The van der Waals surface area contributed by atoms with Crippen LogP contribution in [0.2, 0.25) is 0 Å². The Balaban J connectivity index is 3.34. The van der Waals surface area contributed by atoms with E-state index in [-0.39, 0.29) is 10.9 Å². The van der Waals surface area contributed by atoms with Crippen molar-refractivity contribution in [1.29, 1.82) is 0 Å². The van der Waals surface area contributed by atoms with E-state index in [0.717, 1.165) is 12.3 Å². The molecular formula is C10H14FNO2S. The normalized spacial score (nSPS) is 13.9. The predicted octanol–water partition coefficient (Wildman–Crippen LogP) is 1.12. The van der Waals surface area contributed by atoms with Crippen LogP contribution >= 0.6 is 0 Å². The largest absolute Gasteiger partial charge is 0.328 e. The fraction of sp³-hybridized carbons (Fsp3) is 0.400. The van der Waals surface area contributed by atoms with E-state index in [9.17, 15) is 12.8 Å². The topological polar surface area (TPSA) is 60.2 Å². The van der Waals surface area contributed by atoms with Crippen LogP contribution in [-0.4, -0.2) is 20.7 Å².